The maximum Gasteiger partial charge on any atom is 0.197 e. The Morgan fingerprint density at radius 3 is 2.91 bits per heavy atom. The van der Waals surface area contributed by atoms with Crippen molar-refractivity contribution in [2.45, 2.75) is 6.92 Å². The highest BCUT2D eigenvalue weighted by Crippen LogP contribution is 2.12. The standard InChI is InChI=1S/C5H3IN4S/c1-2-3-4(10-11-9-3)8-5(6)7-2/h1H3. The van der Waals surface area contributed by atoms with E-state index in [4.69, 9.17) is 0 Å². The molecule has 0 amide bonds. The molecule has 6 heteroatoms. The number of nitrogens with zero attached hydrogens (tertiary/aromatic N) is 4. The van der Waals surface area contributed by atoms with Crippen molar-refractivity contribution in [2.24, 2.45) is 0 Å². The van der Waals surface area contributed by atoms with Gasteiger partial charge < -0.3 is 0 Å². The predicted octanol–water partition coefficient (Wildman–Crippen LogP) is 1.39. The lowest BCUT2D eigenvalue weighted by molar-refractivity contribution is 1.08. The van der Waals surface area contributed by atoms with Gasteiger partial charge in [-0.25, -0.2) is 9.97 Å². The Morgan fingerprint density at radius 2 is 2.09 bits per heavy atom. The van der Waals surface area contributed by atoms with Gasteiger partial charge in [0.1, 0.15) is 5.52 Å². The zero-order chi connectivity index (χ0) is 7.84. The van der Waals surface area contributed by atoms with Crippen molar-refractivity contribution in [3.8, 4) is 0 Å². The molecule has 0 saturated heterocycles. The lowest BCUT2D eigenvalue weighted by Gasteiger charge is -1.91. The van der Waals surface area contributed by atoms with Crippen LogP contribution in [0.1, 0.15) is 5.69 Å². The first kappa shape index (κ1) is 7.29. The maximum atomic E-state index is 4.15. The number of aromatic nitrogens is 4. The summed E-state index contributed by atoms with van der Waals surface area (Å²) in [5.41, 5.74) is 2.41. The van der Waals surface area contributed by atoms with E-state index in [2.05, 4.69) is 41.3 Å². The summed E-state index contributed by atoms with van der Waals surface area (Å²) >= 11 is 3.24. The van der Waals surface area contributed by atoms with Crippen molar-refractivity contribution < 1.29 is 0 Å². The lowest BCUT2D eigenvalue weighted by atomic mass is 10.4. The highest BCUT2D eigenvalue weighted by Gasteiger charge is 2.05. The smallest absolute Gasteiger partial charge is 0.197 e. The van der Waals surface area contributed by atoms with Gasteiger partial charge in [0.2, 0.25) is 0 Å². The van der Waals surface area contributed by atoms with Gasteiger partial charge in [0.25, 0.3) is 0 Å². The normalized spacial score (nSPS) is 10.7. The fraction of sp³-hybridized carbons (Fsp3) is 0.200. The van der Waals surface area contributed by atoms with Gasteiger partial charge in [0.05, 0.1) is 17.4 Å². The van der Waals surface area contributed by atoms with Crippen LogP contribution in [0.15, 0.2) is 0 Å². The van der Waals surface area contributed by atoms with Crippen molar-refractivity contribution in [1.29, 1.82) is 0 Å². The minimum Gasteiger partial charge on any atom is -0.226 e. The van der Waals surface area contributed by atoms with E-state index in [9.17, 15) is 0 Å². The summed E-state index contributed by atoms with van der Waals surface area (Å²) in [4.78, 5) is 8.26. The minimum atomic E-state index is 0.701. The molecule has 0 aromatic carbocycles. The van der Waals surface area contributed by atoms with Crippen LogP contribution in [0, 0.1) is 10.8 Å². The van der Waals surface area contributed by atoms with Crippen LogP contribution in [-0.4, -0.2) is 18.7 Å². The highest BCUT2D eigenvalue weighted by molar-refractivity contribution is 14.1. The largest absolute Gasteiger partial charge is 0.226 e. The van der Waals surface area contributed by atoms with Gasteiger partial charge in [0.15, 0.2) is 9.48 Å². The molecule has 0 N–H and O–H groups in total. The third-order valence-corrected chi connectivity index (χ3v) is 2.27. The van der Waals surface area contributed by atoms with Gasteiger partial charge in [-0.2, -0.15) is 8.75 Å². The lowest BCUT2D eigenvalue weighted by Crippen LogP contribution is -1.91. The Kier molecular flexibility index (Phi) is 1.72. The average molecular weight is 278 g/mol. The number of aryl methyl sites for hydroxylation is 1. The topological polar surface area (TPSA) is 51.6 Å². The van der Waals surface area contributed by atoms with E-state index in [1.165, 1.54) is 11.7 Å². The number of fused-ring (bicyclic) bond motifs is 1. The van der Waals surface area contributed by atoms with Crippen LogP contribution in [0.25, 0.3) is 11.2 Å². The molecule has 0 aliphatic carbocycles. The van der Waals surface area contributed by atoms with Crippen molar-refractivity contribution in [3.05, 3.63) is 9.53 Å². The van der Waals surface area contributed by atoms with Gasteiger partial charge in [-0.05, 0) is 6.92 Å². The maximum absolute atomic E-state index is 4.15. The van der Waals surface area contributed by atoms with E-state index in [1.807, 2.05) is 6.92 Å². The minimum absolute atomic E-state index is 0.701. The average Bonchev–Trinajstić information content (AvgIpc) is 2.34. The molecule has 0 spiro atoms. The second kappa shape index (κ2) is 2.59. The summed E-state index contributed by atoms with van der Waals surface area (Å²) in [6.07, 6.45) is 0. The van der Waals surface area contributed by atoms with Crippen LogP contribution >= 0.6 is 34.3 Å². The first-order valence-electron chi connectivity index (χ1n) is 2.90. The number of hydrogen-bond acceptors (Lipinski definition) is 5. The van der Waals surface area contributed by atoms with Gasteiger partial charge in [-0.3, -0.25) is 0 Å². The molecule has 0 atom stereocenters. The fourth-order valence-electron chi connectivity index (χ4n) is 0.789. The van der Waals surface area contributed by atoms with E-state index in [-0.39, 0.29) is 0 Å². The zero-order valence-electron chi connectivity index (χ0n) is 5.58. The number of halogens is 1. The predicted molar refractivity (Wildman–Crippen MR) is 50.5 cm³/mol. The van der Waals surface area contributed by atoms with Crippen LogP contribution in [0.2, 0.25) is 0 Å². The molecule has 0 bridgehead atoms. The van der Waals surface area contributed by atoms with Crippen molar-refractivity contribution in [3.63, 3.8) is 0 Å². The zero-order valence-corrected chi connectivity index (χ0v) is 8.55. The summed E-state index contributed by atoms with van der Waals surface area (Å²) < 4.78 is 8.80. The molecular formula is C5H3IN4S. The fourth-order valence-corrected chi connectivity index (χ4v) is 1.92. The summed E-state index contributed by atoms with van der Waals surface area (Å²) in [5, 5.41) is 0. The third kappa shape index (κ3) is 1.20. The van der Waals surface area contributed by atoms with Gasteiger partial charge in [-0.15, -0.1) is 0 Å². The highest BCUT2D eigenvalue weighted by atomic mass is 127. The SMILES string of the molecule is Cc1nc(I)nc2nsnc12. The van der Waals surface area contributed by atoms with Crippen LogP contribution in [0.3, 0.4) is 0 Å². The van der Waals surface area contributed by atoms with E-state index >= 15 is 0 Å². The van der Waals surface area contributed by atoms with Crippen LogP contribution in [0.4, 0.5) is 0 Å². The Balaban J connectivity index is 2.91. The van der Waals surface area contributed by atoms with E-state index in [0.717, 1.165) is 15.0 Å². The number of hydrogen-bond donors (Lipinski definition) is 0. The van der Waals surface area contributed by atoms with E-state index in [1.54, 1.807) is 0 Å². The molecule has 2 heterocycles. The van der Waals surface area contributed by atoms with Crippen molar-refractivity contribution in [2.75, 3.05) is 0 Å². The molecule has 56 valence electrons. The first-order chi connectivity index (χ1) is 5.27. The van der Waals surface area contributed by atoms with Crippen LogP contribution in [0.5, 0.6) is 0 Å². The van der Waals surface area contributed by atoms with Crippen LogP contribution < -0.4 is 0 Å². The van der Waals surface area contributed by atoms with Gasteiger partial charge in [0, 0.05) is 22.6 Å². The number of rotatable bonds is 0. The molecule has 0 saturated carbocycles. The van der Waals surface area contributed by atoms with Gasteiger partial charge >= 0.3 is 0 Å². The molecule has 11 heavy (non-hydrogen) atoms. The molecule has 2 rings (SSSR count). The Hall–Kier alpha value is -0.370. The van der Waals surface area contributed by atoms with Gasteiger partial charge in [-0.1, -0.05) is 0 Å². The summed E-state index contributed by atoms with van der Waals surface area (Å²) in [6, 6.07) is 0. The Morgan fingerprint density at radius 1 is 1.27 bits per heavy atom. The Labute approximate surface area is 80.5 Å². The molecule has 2 aromatic rings. The van der Waals surface area contributed by atoms with E-state index in [0.29, 0.717) is 5.65 Å². The second-order valence-electron chi connectivity index (χ2n) is 2.01. The monoisotopic (exact) mass is 278 g/mol. The quantitative estimate of drug-likeness (QED) is 0.540. The molecule has 4 nitrogen and oxygen atoms in total. The molecular weight excluding hydrogens is 275 g/mol. The van der Waals surface area contributed by atoms with Crippen molar-refractivity contribution >= 4 is 45.5 Å². The molecule has 0 unspecified atom stereocenters. The molecule has 0 aliphatic heterocycles. The summed E-state index contributed by atoms with van der Waals surface area (Å²) in [6.45, 7) is 1.91. The van der Waals surface area contributed by atoms with E-state index < -0.39 is 0 Å². The Bertz CT molecular complexity index is 398. The summed E-state index contributed by atoms with van der Waals surface area (Å²) in [5.74, 6) is 0. The molecule has 0 fully saturated rings. The first-order valence-corrected chi connectivity index (χ1v) is 4.70. The molecule has 0 aliphatic rings. The molecule has 2 aromatic heterocycles. The summed E-state index contributed by atoms with van der Waals surface area (Å²) in [7, 11) is 0. The second-order valence-corrected chi connectivity index (χ2v) is 3.51. The third-order valence-electron chi connectivity index (χ3n) is 1.27. The molecule has 0 radical (unpaired) electrons. The van der Waals surface area contributed by atoms with Crippen molar-refractivity contribution in [1.82, 2.24) is 18.7 Å². The van der Waals surface area contributed by atoms with Crippen LogP contribution in [-0.2, 0) is 0 Å².